The van der Waals surface area contributed by atoms with Crippen LogP contribution in [-0.2, 0) is 13.1 Å². The minimum Gasteiger partial charge on any atom is -0.337 e. The van der Waals surface area contributed by atoms with Crippen LogP contribution in [0.3, 0.4) is 0 Å². The smallest absolute Gasteiger partial charge is 0.331 e. The van der Waals surface area contributed by atoms with Gasteiger partial charge >= 0.3 is 5.69 Å². The second-order valence-electron chi connectivity index (χ2n) is 5.95. The highest BCUT2D eigenvalue weighted by Crippen LogP contribution is 2.19. The van der Waals surface area contributed by atoms with E-state index < -0.39 is 5.69 Å². The molecule has 4 rings (SSSR count). The zero-order chi connectivity index (χ0) is 19.0. The number of fused-ring (bicyclic) bond motifs is 1. The molecule has 0 atom stereocenters. The van der Waals surface area contributed by atoms with Crippen molar-refractivity contribution < 1.29 is 4.52 Å². The first-order valence-electron chi connectivity index (χ1n) is 8.39. The van der Waals surface area contributed by atoms with E-state index in [-0.39, 0.29) is 18.6 Å². The number of aromatic nitrogens is 4. The summed E-state index contributed by atoms with van der Waals surface area (Å²) < 4.78 is 8.98. The summed E-state index contributed by atoms with van der Waals surface area (Å²) in [6, 6.07) is 14.5. The molecule has 136 valence electrons. The molecule has 4 aromatic rings. The van der Waals surface area contributed by atoms with Gasteiger partial charge in [-0.15, -0.1) is 0 Å². The number of hydrogen-bond acceptors (Lipinski definition) is 5. The largest absolute Gasteiger partial charge is 0.337 e. The summed E-state index contributed by atoms with van der Waals surface area (Å²) in [4.78, 5) is 29.7. The number of halogens is 1. The lowest BCUT2D eigenvalue weighted by atomic mass is 10.2. The molecule has 0 N–H and O–H groups in total. The van der Waals surface area contributed by atoms with Gasteiger partial charge in [0.1, 0.15) is 6.54 Å². The van der Waals surface area contributed by atoms with Crippen molar-refractivity contribution in [1.29, 1.82) is 0 Å². The Morgan fingerprint density at radius 2 is 1.78 bits per heavy atom. The molecule has 0 amide bonds. The van der Waals surface area contributed by atoms with Gasteiger partial charge in [-0.25, -0.2) is 4.79 Å². The molecule has 0 spiro atoms. The standard InChI is InChI=1S/C19H15BrN4O3/c1-2-23-18(25)14-5-3-4-6-15(14)24(19(23)26)11-16-21-17(22-27-16)12-7-9-13(20)10-8-12/h3-10H,2,11H2,1H3. The summed E-state index contributed by atoms with van der Waals surface area (Å²) in [5.74, 6) is 0.736. The molecular weight excluding hydrogens is 412 g/mol. The summed E-state index contributed by atoms with van der Waals surface area (Å²) in [6.45, 7) is 2.14. The summed E-state index contributed by atoms with van der Waals surface area (Å²) in [5.41, 5.74) is 0.657. The Kier molecular flexibility index (Phi) is 4.49. The summed E-state index contributed by atoms with van der Waals surface area (Å²) in [7, 11) is 0. The van der Waals surface area contributed by atoms with E-state index in [1.807, 2.05) is 24.3 Å². The highest BCUT2D eigenvalue weighted by Gasteiger charge is 2.15. The third kappa shape index (κ3) is 3.12. The van der Waals surface area contributed by atoms with Crippen molar-refractivity contribution in [2.75, 3.05) is 0 Å². The van der Waals surface area contributed by atoms with E-state index in [0.29, 0.717) is 22.6 Å². The molecule has 0 unspecified atom stereocenters. The van der Waals surface area contributed by atoms with Gasteiger partial charge in [-0.05, 0) is 43.3 Å². The van der Waals surface area contributed by atoms with E-state index in [2.05, 4.69) is 26.1 Å². The Morgan fingerprint density at radius 1 is 1.04 bits per heavy atom. The Labute approximate surface area is 162 Å². The van der Waals surface area contributed by atoms with Crippen molar-refractivity contribution in [2.45, 2.75) is 20.0 Å². The van der Waals surface area contributed by atoms with E-state index in [0.717, 1.165) is 10.0 Å². The van der Waals surface area contributed by atoms with Gasteiger partial charge in [0.25, 0.3) is 5.56 Å². The number of benzene rings is 2. The van der Waals surface area contributed by atoms with Crippen molar-refractivity contribution >= 4 is 26.8 Å². The van der Waals surface area contributed by atoms with Gasteiger partial charge in [0, 0.05) is 16.6 Å². The van der Waals surface area contributed by atoms with Crippen LogP contribution in [0.25, 0.3) is 22.3 Å². The summed E-state index contributed by atoms with van der Waals surface area (Å²) >= 11 is 3.39. The van der Waals surface area contributed by atoms with E-state index in [1.165, 1.54) is 9.13 Å². The van der Waals surface area contributed by atoms with Crippen molar-refractivity contribution in [3.05, 3.63) is 79.7 Å². The molecular formula is C19H15BrN4O3. The first-order chi connectivity index (χ1) is 13.1. The fraction of sp³-hybridized carbons (Fsp3) is 0.158. The Morgan fingerprint density at radius 3 is 2.52 bits per heavy atom. The van der Waals surface area contributed by atoms with Crippen molar-refractivity contribution in [3.8, 4) is 11.4 Å². The third-order valence-electron chi connectivity index (χ3n) is 4.31. The second-order valence-corrected chi connectivity index (χ2v) is 6.87. The van der Waals surface area contributed by atoms with Gasteiger partial charge in [-0.3, -0.25) is 13.9 Å². The minimum atomic E-state index is -0.399. The van der Waals surface area contributed by atoms with Crippen LogP contribution >= 0.6 is 15.9 Å². The van der Waals surface area contributed by atoms with Crippen LogP contribution in [0.1, 0.15) is 12.8 Å². The zero-order valence-electron chi connectivity index (χ0n) is 14.4. The van der Waals surface area contributed by atoms with E-state index in [1.54, 1.807) is 31.2 Å². The second kappa shape index (κ2) is 6.96. The number of rotatable bonds is 4. The van der Waals surface area contributed by atoms with Crippen molar-refractivity contribution in [1.82, 2.24) is 19.3 Å². The average Bonchev–Trinajstić information content (AvgIpc) is 3.15. The van der Waals surface area contributed by atoms with Gasteiger partial charge < -0.3 is 4.52 Å². The molecule has 7 nitrogen and oxygen atoms in total. The molecule has 2 aromatic heterocycles. The predicted octanol–water partition coefficient (Wildman–Crippen LogP) is 3.04. The highest BCUT2D eigenvalue weighted by molar-refractivity contribution is 9.10. The maximum atomic E-state index is 12.8. The molecule has 0 bridgehead atoms. The fourth-order valence-electron chi connectivity index (χ4n) is 2.97. The van der Waals surface area contributed by atoms with Crippen LogP contribution in [0.5, 0.6) is 0 Å². The Bertz CT molecular complexity index is 1240. The normalized spacial score (nSPS) is 11.2. The maximum Gasteiger partial charge on any atom is 0.331 e. The fourth-order valence-corrected chi connectivity index (χ4v) is 3.24. The Balaban J connectivity index is 1.80. The number of hydrogen-bond donors (Lipinski definition) is 0. The van der Waals surface area contributed by atoms with Gasteiger partial charge in [-0.2, -0.15) is 4.98 Å². The molecule has 2 heterocycles. The van der Waals surface area contributed by atoms with Crippen LogP contribution in [0.4, 0.5) is 0 Å². The third-order valence-corrected chi connectivity index (χ3v) is 4.84. The van der Waals surface area contributed by atoms with Gasteiger partial charge in [0.2, 0.25) is 11.7 Å². The average molecular weight is 427 g/mol. The lowest BCUT2D eigenvalue weighted by Gasteiger charge is -2.11. The lowest BCUT2D eigenvalue weighted by Crippen LogP contribution is -2.39. The predicted molar refractivity (Wildman–Crippen MR) is 105 cm³/mol. The molecule has 0 saturated heterocycles. The van der Waals surface area contributed by atoms with Crippen LogP contribution in [0.15, 0.2) is 67.1 Å². The monoisotopic (exact) mass is 426 g/mol. The van der Waals surface area contributed by atoms with Crippen molar-refractivity contribution in [2.24, 2.45) is 0 Å². The zero-order valence-corrected chi connectivity index (χ0v) is 16.0. The van der Waals surface area contributed by atoms with Crippen molar-refractivity contribution in [3.63, 3.8) is 0 Å². The van der Waals surface area contributed by atoms with Crippen LogP contribution in [0.2, 0.25) is 0 Å². The van der Waals surface area contributed by atoms with Gasteiger partial charge in [0.05, 0.1) is 10.9 Å². The highest BCUT2D eigenvalue weighted by atomic mass is 79.9. The molecule has 0 fully saturated rings. The first kappa shape index (κ1) is 17.4. The Hall–Kier alpha value is -3.00. The van der Waals surface area contributed by atoms with Crippen LogP contribution < -0.4 is 11.2 Å². The van der Waals surface area contributed by atoms with E-state index in [4.69, 9.17) is 4.52 Å². The molecule has 0 saturated carbocycles. The molecule has 0 aliphatic carbocycles. The van der Waals surface area contributed by atoms with Gasteiger partial charge in [0.15, 0.2) is 0 Å². The SMILES string of the molecule is CCn1c(=O)c2ccccc2n(Cc2nc(-c3ccc(Br)cc3)no2)c1=O. The molecule has 0 aliphatic heterocycles. The quantitative estimate of drug-likeness (QED) is 0.500. The molecule has 27 heavy (non-hydrogen) atoms. The summed E-state index contributed by atoms with van der Waals surface area (Å²) in [5, 5.41) is 4.48. The molecule has 0 radical (unpaired) electrons. The van der Waals surface area contributed by atoms with Crippen LogP contribution in [0, 0.1) is 0 Å². The van der Waals surface area contributed by atoms with Gasteiger partial charge in [-0.1, -0.05) is 33.2 Å². The van der Waals surface area contributed by atoms with E-state index in [9.17, 15) is 9.59 Å². The number of para-hydroxylation sites is 1. The first-order valence-corrected chi connectivity index (χ1v) is 9.18. The topological polar surface area (TPSA) is 82.9 Å². The van der Waals surface area contributed by atoms with E-state index >= 15 is 0 Å². The number of nitrogens with zero attached hydrogens (tertiary/aromatic N) is 4. The molecule has 8 heteroatoms. The molecule has 2 aromatic carbocycles. The van der Waals surface area contributed by atoms with Crippen LogP contribution in [-0.4, -0.2) is 19.3 Å². The lowest BCUT2D eigenvalue weighted by molar-refractivity contribution is 0.369. The summed E-state index contributed by atoms with van der Waals surface area (Å²) in [6.07, 6.45) is 0. The maximum absolute atomic E-state index is 12.8. The molecule has 0 aliphatic rings. The minimum absolute atomic E-state index is 0.0865.